The van der Waals surface area contributed by atoms with Crippen LogP contribution in [0.15, 0.2) is 60.0 Å². The second kappa shape index (κ2) is 8.15. The predicted molar refractivity (Wildman–Crippen MR) is 113 cm³/mol. The number of aromatic nitrogens is 1. The van der Waals surface area contributed by atoms with Gasteiger partial charge in [-0.25, -0.2) is 4.98 Å². The van der Waals surface area contributed by atoms with Gasteiger partial charge >= 0.3 is 0 Å². The molecule has 0 aliphatic heterocycles. The van der Waals surface area contributed by atoms with Crippen molar-refractivity contribution >= 4 is 17.2 Å². The van der Waals surface area contributed by atoms with Crippen LogP contribution in [0, 0.1) is 5.92 Å². The largest absolute Gasteiger partial charge is 0.496 e. The van der Waals surface area contributed by atoms with Gasteiger partial charge in [0.2, 0.25) is 0 Å². The van der Waals surface area contributed by atoms with E-state index >= 15 is 0 Å². The van der Waals surface area contributed by atoms with Crippen molar-refractivity contribution in [2.75, 3.05) is 7.11 Å². The van der Waals surface area contributed by atoms with Crippen LogP contribution in [0.3, 0.4) is 0 Å². The van der Waals surface area contributed by atoms with Crippen molar-refractivity contribution in [1.82, 2.24) is 9.88 Å². The van der Waals surface area contributed by atoms with E-state index in [1.807, 2.05) is 52.7 Å². The highest BCUT2D eigenvalue weighted by atomic mass is 32.1. The monoisotopic (exact) mass is 392 g/mol. The Hall–Kier alpha value is -2.66. The van der Waals surface area contributed by atoms with Gasteiger partial charge in [0.1, 0.15) is 16.5 Å². The Morgan fingerprint density at radius 2 is 1.89 bits per heavy atom. The van der Waals surface area contributed by atoms with Crippen LogP contribution in [0.4, 0.5) is 0 Å². The van der Waals surface area contributed by atoms with Gasteiger partial charge in [0.25, 0.3) is 5.91 Å². The minimum Gasteiger partial charge on any atom is -0.496 e. The molecule has 0 N–H and O–H groups in total. The predicted octanol–water partition coefficient (Wildman–Crippen LogP) is 5.26. The highest BCUT2D eigenvalue weighted by molar-refractivity contribution is 7.13. The second-order valence-electron chi connectivity index (χ2n) is 7.23. The number of ether oxygens (including phenoxy) is 1. The third kappa shape index (κ3) is 3.94. The van der Waals surface area contributed by atoms with E-state index in [1.54, 1.807) is 7.11 Å². The van der Waals surface area contributed by atoms with E-state index in [-0.39, 0.29) is 11.9 Å². The van der Waals surface area contributed by atoms with Gasteiger partial charge in [0.15, 0.2) is 0 Å². The Bertz CT molecular complexity index is 950. The molecule has 2 aromatic carbocycles. The number of benzene rings is 2. The summed E-state index contributed by atoms with van der Waals surface area (Å²) in [6.45, 7) is 2.77. The molecule has 4 rings (SSSR count). The van der Waals surface area contributed by atoms with E-state index in [0.29, 0.717) is 18.2 Å². The molecule has 1 aromatic heterocycles. The zero-order valence-corrected chi connectivity index (χ0v) is 17.0. The molecule has 1 aliphatic carbocycles. The molecule has 4 nitrogen and oxygen atoms in total. The summed E-state index contributed by atoms with van der Waals surface area (Å²) >= 11 is 1.48. The molecule has 1 fully saturated rings. The van der Waals surface area contributed by atoms with Crippen LogP contribution in [0.5, 0.6) is 5.75 Å². The average molecular weight is 393 g/mol. The molecule has 0 saturated heterocycles. The van der Waals surface area contributed by atoms with E-state index in [9.17, 15) is 4.79 Å². The summed E-state index contributed by atoms with van der Waals surface area (Å²) in [4.78, 5) is 20.0. The Morgan fingerprint density at radius 3 is 2.61 bits per heavy atom. The van der Waals surface area contributed by atoms with E-state index in [2.05, 4.69) is 24.0 Å². The van der Waals surface area contributed by atoms with Crippen LogP contribution in [0.25, 0.3) is 10.6 Å². The zero-order chi connectivity index (χ0) is 19.5. The molecule has 0 bridgehead atoms. The summed E-state index contributed by atoms with van der Waals surface area (Å²) in [5.74, 6) is 1.36. The fourth-order valence-corrected chi connectivity index (χ4v) is 4.30. The Labute approximate surface area is 169 Å². The van der Waals surface area contributed by atoms with Crippen LogP contribution in [-0.4, -0.2) is 28.9 Å². The van der Waals surface area contributed by atoms with Crippen LogP contribution in [0.2, 0.25) is 0 Å². The minimum absolute atomic E-state index is 0.000603. The number of amides is 1. The van der Waals surface area contributed by atoms with Gasteiger partial charge in [-0.05, 0) is 43.4 Å². The van der Waals surface area contributed by atoms with Crippen LogP contribution >= 0.6 is 11.3 Å². The summed E-state index contributed by atoms with van der Waals surface area (Å²) in [5, 5.41) is 2.67. The maximum atomic E-state index is 13.4. The van der Waals surface area contributed by atoms with Crippen LogP contribution < -0.4 is 4.74 Å². The van der Waals surface area contributed by atoms with Crippen LogP contribution in [0.1, 0.15) is 35.8 Å². The number of rotatable bonds is 7. The van der Waals surface area contributed by atoms with Crippen molar-refractivity contribution in [2.24, 2.45) is 5.92 Å². The molecule has 144 valence electrons. The molecule has 5 heteroatoms. The first kappa shape index (κ1) is 18.7. The number of hydrogen-bond acceptors (Lipinski definition) is 4. The molecule has 1 atom stereocenters. The molecule has 1 aliphatic rings. The minimum atomic E-state index is 0.000603. The first-order chi connectivity index (χ1) is 13.7. The van der Waals surface area contributed by atoms with Gasteiger partial charge in [-0.15, -0.1) is 11.3 Å². The van der Waals surface area contributed by atoms with Crippen LogP contribution in [-0.2, 0) is 6.54 Å². The Morgan fingerprint density at radius 1 is 1.18 bits per heavy atom. The Balaban J connectivity index is 1.61. The lowest BCUT2D eigenvalue weighted by Crippen LogP contribution is -2.39. The second-order valence-corrected chi connectivity index (χ2v) is 8.09. The fraction of sp³-hybridized carbons (Fsp3) is 0.304. The molecule has 1 amide bonds. The van der Waals surface area contributed by atoms with E-state index in [4.69, 9.17) is 4.74 Å². The maximum Gasteiger partial charge on any atom is 0.273 e. The molecule has 28 heavy (non-hydrogen) atoms. The van der Waals surface area contributed by atoms with Crippen molar-refractivity contribution in [3.63, 3.8) is 0 Å². The molecular weight excluding hydrogens is 368 g/mol. The highest BCUT2D eigenvalue weighted by Crippen LogP contribution is 2.37. The number of carbonyl (C=O) groups is 1. The number of nitrogens with zero attached hydrogens (tertiary/aromatic N) is 2. The van der Waals surface area contributed by atoms with E-state index in [1.165, 1.54) is 24.2 Å². The number of para-hydroxylation sites is 1. The molecule has 0 radical (unpaired) electrons. The summed E-state index contributed by atoms with van der Waals surface area (Å²) < 4.78 is 5.45. The summed E-state index contributed by atoms with van der Waals surface area (Å²) in [7, 11) is 1.65. The number of thiazole rings is 1. The normalized spacial score (nSPS) is 14.5. The first-order valence-corrected chi connectivity index (χ1v) is 10.5. The topological polar surface area (TPSA) is 42.4 Å². The SMILES string of the molecule is COc1ccccc1-c1nc(C(=O)N(Cc2ccccc2)C(C)C2CC2)cs1. The molecule has 3 aromatic rings. The third-order valence-corrected chi connectivity index (χ3v) is 6.19. The molecular formula is C23H24N2O2S. The molecule has 1 saturated carbocycles. The smallest absolute Gasteiger partial charge is 0.273 e. The highest BCUT2D eigenvalue weighted by Gasteiger charge is 2.35. The van der Waals surface area contributed by atoms with Gasteiger partial charge in [0.05, 0.1) is 12.7 Å². The van der Waals surface area contributed by atoms with Gasteiger partial charge in [-0.2, -0.15) is 0 Å². The van der Waals surface area contributed by atoms with Crippen molar-refractivity contribution in [1.29, 1.82) is 0 Å². The number of carbonyl (C=O) groups excluding carboxylic acids is 1. The van der Waals surface area contributed by atoms with Crippen molar-refractivity contribution in [3.05, 3.63) is 71.2 Å². The molecule has 1 heterocycles. The number of methoxy groups -OCH3 is 1. The van der Waals surface area contributed by atoms with Crippen molar-refractivity contribution in [2.45, 2.75) is 32.4 Å². The van der Waals surface area contributed by atoms with Gasteiger partial charge in [-0.3, -0.25) is 4.79 Å². The number of hydrogen-bond donors (Lipinski definition) is 0. The lowest BCUT2D eigenvalue weighted by Gasteiger charge is -2.29. The van der Waals surface area contributed by atoms with E-state index in [0.717, 1.165) is 21.9 Å². The quantitative estimate of drug-likeness (QED) is 0.551. The summed E-state index contributed by atoms with van der Waals surface area (Å²) in [5.41, 5.74) is 2.57. The van der Waals surface area contributed by atoms with Gasteiger partial charge in [0, 0.05) is 18.0 Å². The van der Waals surface area contributed by atoms with Gasteiger partial charge < -0.3 is 9.64 Å². The lowest BCUT2D eigenvalue weighted by atomic mass is 10.1. The van der Waals surface area contributed by atoms with Crippen molar-refractivity contribution in [3.8, 4) is 16.3 Å². The Kier molecular flexibility index (Phi) is 5.44. The fourth-order valence-electron chi connectivity index (χ4n) is 3.48. The summed E-state index contributed by atoms with van der Waals surface area (Å²) in [6, 6.07) is 18.2. The standard InChI is InChI=1S/C23H24N2O2S/c1-16(18-12-13-18)25(14-17-8-4-3-5-9-17)23(26)20-15-28-22(24-20)19-10-6-7-11-21(19)27-2/h3-11,15-16,18H,12-14H2,1-2H3. The average Bonchev–Trinajstić information content (AvgIpc) is 3.48. The van der Waals surface area contributed by atoms with E-state index < -0.39 is 0 Å². The van der Waals surface area contributed by atoms with Crippen molar-refractivity contribution < 1.29 is 9.53 Å². The zero-order valence-electron chi connectivity index (χ0n) is 16.2. The van der Waals surface area contributed by atoms with Gasteiger partial charge in [-0.1, -0.05) is 42.5 Å². The molecule has 0 spiro atoms. The lowest BCUT2D eigenvalue weighted by molar-refractivity contribution is 0.0649. The summed E-state index contributed by atoms with van der Waals surface area (Å²) in [6.07, 6.45) is 2.40. The molecule has 1 unspecified atom stereocenters. The first-order valence-electron chi connectivity index (χ1n) is 9.61. The third-order valence-electron chi connectivity index (χ3n) is 5.31. The maximum absolute atomic E-state index is 13.4.